The standard InChI is InChI=1S/C18H14N6O2/c25-18(10-4-5-10)19-13-3-1-2-11(8-13)16-14-9-12(17-20-23-24-21-17)6-7-15(14)22-26-16/h1-3,6-10H,4-5H2,(H,19,25)(H,20,21,23,24). The molecule has 2 aromatic carbocycles. The summed E-state index contributed by atoms with van der Waals surface area (Å²) in [7, 11) is 0. The van der Waals surface area contributed by atoms with Crippen LogP contribution in [0.25, 0.3) is 33.6 Å². The minimum atomic E-state index is 0.0731. The van der Waals surface area contributed by atoms with Gasteiger partial charge in [-0.25, -0.2) is 0 Å². The van der Waals surface area contributed by atoms with Gasteiger partial charge in [-0.1, -0.05) is 17.3 Å². The Hall–Kier alpha value is -3.55. The molecule has 0 bridgehead atoms. The SMILES string of the molecule is O=C(Nc1cccc(-c2onc3ccc(-c4nn[nH]n4)cc23)c1)C1CC1. The van der Waals surface area contributed by atoms with E-state index in [-0.39, 0.29) is 11.8 Å². The molecule has 1 aliphatic rings. The highest BCUT2D eigenvalue weighted by molar-refractivity contribution is 5.97. The van der Waals surface area contributed by atoms with Gasteiger partial charge in [-0.3, -0.25) is 4.79 Å². The maximum absolute atomic E-state index is 12.0. The zero-order valence-corrected chi connectivity index (χ0v) is 13.6. The first kappa shape index (κ1) is 14.8. The van der Waals surface area contributed by atoms with E-state index in [1.807, 2.05) is 42.5 Å². The van der Waals surface area contributed by atoms with Gasteiger partial charge in [0.15, 0.2) is 5.76 Å². The van der Waals surface area contributed by atoms with Crippen molar-refractivity contribution in [3.63, 3.8) is 0 Å². The summed E-state index contributed by atoms with van der Waals surface area (Å²) in [5.41, 5.74) is 3.14. The molecule has 8 heteroatoms. The number of hydrogen-bond donors (Lipinski definition) is 2. The van der Waals surface area contributed by atoms with Crippen LogP contribution in [0.4, 0.5) is 5.69 Å². The summed E-state index contributed by atoms with van der Waals surface area (Å²) in [5, 5.41) is 22.0. The Labute approximate surface area is 147 Å². The molecule has 5 rings (SSSR count). The molecule has 0 aliphatic heterocycles. The summed E-state index contributed by atoms with van der Waals surface area (Å²) in [4.78, 5) is 12.0. The average Bonchev–Trinajstić information content (AvgIpc) is 3.21. The molecular weight excluding hydrogens is 332 g/mol. The summed E-state index contributed by atoms with van der Waals surface area (Å²) in [6, 6.07) is 13.2. The van der Waals surface area contributed by atoms with Crippen molar-refractivity contribution in [1.82, 2.24) is 25.8 Å². The van der Waals surface area contributed by atoms with Crippen LogP contribution in [0.1, 0.15) is 12.8 Å². The zero-order valence-electron chi connectivity index (χ0n) is 13.6. The van der Waals surface area contributed by atoms with E-state index in [4.69, 9.17) is 4.52 Å². The van der Waals surface area contributed by atoms with Crippen LogP contribution in [0.15, 0.2) is 47.0 Å². The number of hydrogen-bond acceptors (Lipinski definition) is 6. The second-order valence-corrected chi connectivity index (χ2v) is 6.32. The maximum atomic E-state index is 12.0. The van der Waals surface area contributed by atoms with E-state index in [1.54, 1.807) is 0 Å². The fraction of sp³-hybridized carbons (Fsp3) is 0.167. The van der Waals surface area contributed by atoms with Crippen LogP contribution in [0.2, 0.25) is 0 Å². The number of nitrogens with one attached hydrogen (secondary N) is 2. The Morgan fingerprint density at radius 3 is 2.88 bits per heavy atom. The first-order valence-corrected chi connectivity index (χ1v) is 8.32. The molecule has 2 N–H and O–H groups in total. The van der Waals surface area contributed by atoms with E-state index in [2.05, 4.69) is 31.1 Å². The number of amides is 1. The molecule has 0 unspecified atom stereocenters. The third-order valence-electron chi connectivity index (χ3n) is 4.42. The Morgan fingerprint density at radius 1 is 1.15 bits per heavy atom. The first-order valence-electron chi connectivity index (χ1n) is 8.32. The third kappa shape index (κ3) is 2.61. The van der Waals surface area contributed by atoms with Crippen LogP contribution in [0, 0.1) is 5.92 Å². The van der Waals surface area contributed by atoms with Crippen molar-refractivity contribution in [3.05, 3.63) is 42.5 Å². The van der Waals surface area contributed by atoms with Crippen molar-refractivity contribution >= 4 is 22.5 Å². The van der Waals surface area contributed by atoms with Gasteiger partial charge >= 0.3 is 0 Å². The largest absolute Gasteiger partial charge is 0.355 e. The normalized spacial score (nSPS) is 13.8. The maximum Gasteiger partial charge on any atom is 0.227 e. The molecule has 0 saturated heterocycles. The Morgan fingerprint density at radius 2 is 2.08 bits per heavy atom. The second-order valence-electron chi connectivity index (χ2n) is 6.32. The number of aromatic amines is 1. The number of nitrogens with zero attached hydrogens (tertiary/aromatic N) is 4. The van der Waals surface area contributed by atoms with Crippen LogP contribution < -0.4 is 5.32 Å². The number of carbonyl (C=O) groups excluding carboxylic acids is 1. The number of tetrazole rings is 1. The lowest BCUT2D eigenvalue weighted by Crippen LogP contribution is -2.13. The van der Waals surface area contributed by atoms with Crippen molar-refractivity contribution in [3.8, 4) is 22.7 Å². The van der Waals surface area contributed by atoms with Crippen molar-refractivity contribution in [1.29, 1.82) is 0 Å². The van der Waals surface area contributed by atoms with E-state index >= 15 is 0 Å². The van der Waals surface area contributed by atoms with Crippen LogP contribution in [-0.2, 0) is 4.79 Å². The van der Waals surface area contributed by atoms with E-state index in [0.29, 0.717) is 11.6 Å². The van der Waals surface area contributed by atoms with Crippen molar-refractivity contribution in [2.75, 3.05) is 5.32 Å². The molecule has 2 aromatic heterocycles. The van der Waals surface area contributed by atoms with Gasteiger partial charge in [-0.05, 0) is 48.4 Å². The van der Waals surface area contributed by atoms with E-state index in [1.165, 1.54) is 0 Å². The Bertz CT molecular complexity index is 1100. The number of anilines is 1. The molecule has 1 saturated carbocycles. The molecule has 8 nitrogen and oxygen atoms in total. The third-order valence-corrected chi connectivity index (χ3v) is 4.42. The lowest BCUT2D eigenvalue weighted by molar-refractivity contribution is -0.117. The predicted octanol–water partition coefficient (Wildman–Crippen LogP) is 3.02. The molecule has 2 heterocycles. The fourth-order valence-electron chi connectivity index (χ4n) is 2.90. The highest BCUT2D eigenvalue weighted by Crippen LogP contribution is 2.33. The van der Waals surface area contributed by atoms with E-state index in [9.17, 15) is 4.79 Å². The summed E-state index contributed by atoms with van der Waals surface area (Å²) in [6.07, 6.45) is 1.94. The molecular formula is C18H14N6O2. The number of H-pyrrole nitrogens is 1. The molecule has 128 valence electrons. The molecule has 1 aliphatic carbocycles. The minimum Gasteiger partial charge on any atom is -0.355 e. The number of benzene rings is 2. The van der Waals surface area contributed by atoms with Gasteiger partial charge in [-0.2, -0.15) is 5.21 Å². The van der Waals surface area contributed by atoms with Crippen molar-refractivity contribution in [2.24, 2.45) is 5.92 Å². The molecule has 0 spiro atoms. The monoisotopic (exact) mass is 346 g/mol. The van der Waals surface area contributed by atoms with Gasteiger partial charge in [-0.15, -0.1) is 10.2 Å². The Balaban J connectivity index is 1.54. The van der Waals surface area contributed by atoms with Gasteiger partial charge in [0.1, 0.15) is 5.52 Å². The van der Waals surface area contributed by atoms with Gasteiger partial charge in [0.2, 0.25) is 11.7 Å². The van der Waals surface area contributed by atoms with Crippen LogP contribution in [0.3, 0.4) is 0 Å². The molecule has 4 aromatic rings. The zero-order chi connectivity index (χ0) is 17.5. The number of rotatable bonds is 4. The molecule has 0 atom stereocenters. The van der Waals surface area contributed by atoms with Crippen LogP contribution in [0.5, 0.6) is 0 Å². The average molecular weight is 346 g/mol. The van der Waals surface area contributed by atoms with E-state index in [0.717, 1.165) is 40.6 Å². The lowest BCUT2D eigenvalue weighted by Gasteiger charge is -2.05. The molecule has 26 heavy (non-hydrogen) atoms. The number of aromatic nitrogens is 5. The predicted molar refractivity (Wildman–Crippen MR) is 94.0 cm³/mol. The smallest absolute Gasteiger partial charge is 0.227 e. The topological polar surface area (TPSA) is 110 Å². The summed E-state index contributed by atoms with van der Waals surface area (Å²) >= 11 is 0. The summed E-state index contributed by atoms with van der Waals surface area (Å²) < 4.78 is 5.57. The van der Waals surface area contributed by atoms with Gasteiger partial charge < -0.3 is 9.84 Å². The quantitative estimate of drug-likeness (QED) is 0.588. The lowest BCUT2D eigenvalue weighted by atomic mass is 10.1. The summed E-state index contributed by atoms with van der Waals surface area (Å²) in [6.45, 7) is 0. The number of carbonyl (C=O) groups is 1. The van der Waals surface area contributed by atoms with E-state index < -0.39 is 0 Å². The van der Waals surface area contributed by atoms with Crippen molar-refractivity contribution in [2.45, 2.75) is 12.8 Å². The van der Waals surface area contributed by atoms with Crippen LogP contribution >= 0.6 is 0 Å². The van der Waals surface area contributed by atoms with Gasteiger partial charge in [0.25, 0.3) is 0 Å². The second kappa shape index (κ2) is 5.76. The molecule has 1 amide bonds. The number of fused-ring (bicyclic) bond motifs is 1. The highest BCUT2D eigenvalue weighted by atomic mass is 16.5. The first-order chi connectivity index (χ1) is 12.8. The Kier molecular flexibility index (Phi) is 3.27. The van der Waals surface area contributed by atoms with Gasteiger partial charge in [0.05, 0.1) is 5.39 Å². The van der Waals surface area contributed by atoms with Crippen LogP contribution in [-0.4, -0.2) is 31.7 Å². The van der Waals surface area contributed by atoms with Gasteiger partial charge in [0, 0.05) is 22.7 Å². The highest BCUT2D eigenvalue weighted by Gasteiger charge is 2.29. The minimum absolute atomic E-state index is 0.0731. The fourth-order valence-corrected chi connectivity index (χ4v) is 2.90. The molecule has 0 radical (unpaired) electrons. The molecule has 1 fully saturated rings. The van der Waals surface area contributed by atoms with Crippen molar-refractivity contribution < 1.29 is 9.32 Å². The summed E-state index contributed by atoms with van der Waals surface area (Å²) in [5.74, 6) is 1.36.